The van der Waals surface area contributed by atoms with Gasteiger partial charge in [0.1, 0.15) is 18.1 Å². The summed E-state index contributed by atoms with van der Waals surface area (Å²) in [6, 6.07) is 7.07. The first-order valence-electron chi connectivity index (χ1n) is 7.19. The van der Waals surface area contributed by atoms with E-state index >= 15 is 0 Å². The number of nitrogens with zero attached hydrogens (tertiary/aromatic N) is 2. The van der Waals surface area contributed by atoms with Crippen LogP contribution in [0.4, 0.5) is 0 Å². The van der Waals surface area contributed by atoms with E-state index in [9.17, 15) is 4.79 Å². The number of Topliss-reactive ketones (excluding diaryl/α,β-unsaturated/α-hetero) is 1. The van der Waals surface area contributed by atoms with Gasteiger partial charge in [-0.25, -0.2) is 10.4 Å². The zero-order valence-corrected chi connectivity index (χ0v) is 12.6. The summed E-state index contributed by atoms with van der Waals surface area (Å²) in [6.07, 6.45) is 2.16. The van der Waals surface area contributed by atoms with Crippen molar-refractivity contribution in [3.8, 4) is 5.75 Å². The number of nitrogens with two attached hydrogens (primary N) is 1. The molecule has 7 heteroatoms. The van der Waals surface area contributed by atoms with Gasteiger partial charge in [-0.2, -0.15) is 5.10 Å². The standard InChI is InChI=1S/C15H21N5O2/c1-11(21)14(16)10-12-2-4-13(5-3-12)22-9-8-19-20-15-17-6-7-18-15/h2-5,8,14H,6-7,9-10,16H2,1H3,(H2,17,18,20)/b19-8+/t14-/m0/s1. The lowest BCUT2D eigenvalue weighted by Crippen LogP contribution is -2.30. The molecule has 0 saturated heterocycles. The van der Waals surface area contributed by atoms with Gasteiger partial charge in [-0.3, -0.25) is 4.79 Å². The fourth-order valence-corrected chi connectivity index (χ4v) is 1.87. The van der Waals surface area contributed by atoms with Crippen LogP contribution >= 0.6 is 0 Å². The molecule has 0 spiro atoms. The Labute approximate surface area is 129 Å². The molecule has 2 rings (SSSR count). The number of hydrogen-bond donors (Lipinski definition) is 3. The molecule has 0 radical (unpaired) electrons. The first-order chi connectivity index (χ1) is 10.6. The van der Waals surface area contributed by atoms with Gasteiger partial charge in [0.05, 0.1) is 18.8 Å². The Morgan fingerprint density at radius 1 is 1.55 bits per heavy atom. The van der Waals surface area contributed by atoms with E-state index in [2.05, 4.69) is 20.8 Å². The summed E-state index contributed by atoms with van der Waals surface area (Å²) in [5.74, 6) is 1.41. The monoisotopic (exact) mass is 303 g/mol. The van der Waals surface area contributed by atoms with E-state index in [1.165, 1.54) is 6.92 Å². The average molecular weight is 303 g/mol. The Morgan fingerprint density at radius 3 is 2.95 bits per heavy atom. The highest BCUT2D eigenvalue weighted by molar-refractivity contribution is 5.82. The second-order valence-corrected chi connectivity index (χ2v) is 4.96. The molecule has 1 aromatic rings. The number of benzene rings is 1. The Hall–Kier alpha value is -2.41. The van der Waals surface area contributed by atoms with Crippen molar-refractivity contribution in [2.24, 2.45) is 15.8 Å². The number of hydrazone groups is 1. The van der Waals surface area contributed by atoms with Gasteiger partial charge in [-0.1, -0.05) is 12.1 Å². The lowest BCUT2D eigenvalue weighted by atomic mass is 10.0. The maximum Gasteiger partial charge on any atom is 0.212 e. The van der Waals surface area contributed by atoms with E-state index < -0.39 is 6.04 Å². The minimum absolute atomic E-state index is 0.00889. The van der Waals surface area contributed by atoms with Gasteiger partial charge in [-0.05, 0) is 31.0 Å². The van der Waals surface area contributed by atoms with E-state index in [0.29, 0.717) is 19.0 Å². The number of hydrogen-bond acceptors (Lipinski definition) is 7. The van der Waals surface area contributed by atoms with Crippen LogP contribution in [0.2, 0.25) is 0 Å². The zero-order valence-electron chi connectivity index (χ0n) is 12.6. The third-order valence-corrected chi connectivity index (χ3v) is 3.16. The van der Waals surface area contributed by atoms with Crippen molar-refractivity contribution in [2.75, 3.05) is 19.7 Å². The third-order valence-electron chi connectivity index (χ3n) is 3.16. The molecule has 0 bridgehead atoms. The summed E-state index contributed by atoms with van der Waals surface area (Å²) in [6.45, 7) is 3.47. The maximum absolute atomic E-state index is 11.1. The summed E-state index contributed by atoms with van der Waals surface area (Å²) in [4.78, 5) is 15.3. The Kier molecular flexibility index (Phi) is 5.91. The molecule has 0 aliphatic carbocycles. The molecule has 7 nitrogen and oxygen atoms in total. The first-order valence-corrected chi connectivity index (χ1v) is 7.19. The van der Waals surface area contributed by atoms with Crippen molar-refractivity contribution in [3.63, 3.8) is 0 Å². The van der Waals surface area contributed by atoms with Crippen molar-refractivity contribution in [1.29, 1.82) is 0 Å². The molecule has 118 valence electrons. The number of nitrogens with one attached hydrogen (secondary N) is 2. The molecule has 0 saturated carbocycles. The Balaban J connectivity index is 1.71. The Morgan fingerprint density at radius 2 is 2.32 bits per heavy atom. The number of ether oxygens (including phenoxy) is 1. The van der Waals surface area contributed by atoms with Crippen molar-refractivity contribution >= 4 is 18.0 Å². The summed E-state index contributed by atoms with van der Waals surface area (Å²) < 4.78 is 5.53. The molecule has 4 N–H and O–H groups in total. The van der Waals surface area contributed by atoms with E-state index in [1.54, 1.807) is 6.21 Å². The summed E-state index contributed by atoms with van der Waals surface area (Å²) in [7, 11) is 0. The predicted octanol–water partition coefficient (Wildman–Crippen LogP) is 0.0588. The van der Waals surface area contributed by atoms with Crippen LogP contribution in [0, 0.1) is 0 Å². The second-order valence-electron chi connectivity index (χ2n) is 4.96. The molecule has 0 unspecified atom stereocenters. The fourth-order valence-electron chi connectivity index (χ4n) is 1.87. The number of guanidine groups is 1. The molecular weight excluding hydrogens is 282 g/mol. The van der Waals surface area contributed by atoms with Crippen LogP contribution in [0.5, 0.6) is 5.75 Å². The second kappa shape index (κ2) is 8.14. The number of ketones is 1. The quantitative estimate of drug-likeness (QED) is 0.488. The van der Waals surface area contributed by atoms with Crippen LogP contribution in [-0.4, -0.2) is 43.7 Å². The highest BCUT2D eigenvalue weighted by atomic mass is 16.5. The van der Waals surface area contributed by atoms with Crippen LogP contribution < -0.4 is 21.2 Å². The molecular formula is C15H21N5O2. The van der Waals surface area contributed by atoms with Crippen molar-refractivity contribution in [3.05, 3.63) is 29.8 Å². The van der Waals surface area contributed by atoms with Gasteiger partial charge in [0.25, 0.3) is 0 Å². The minimum Gasteiger partial charge on any atom is -0.488 e. The molecule has 22 heavy (non-hydrogen) atoms. The lowest BCUT2D eigenvalue weighted by Gasteiger charge is -2.08. The van der Waals surface area contributed by atoms with Gasteiger partial charge in [0.15, 0.2) is 0 Å². The molecule has 1 aliphatic rings. The third kappa shape index (κ3) is 5.17. The van der Waals surface area contributed by atoms with E-state index in [1.807, 2.05) is 24.3 Å². The molecule has 0 aromatic heterocycles. The zero-order chi connectivity index (χ0) is 15.8. The normalized spacial score (nSPS) is 15.3. The predicted molar refractivity (Wildman–Crippen MR) is 86.2 cm³/mol. The molecule has 0 amide bonds. The maximum atomic E-state index is 11.1. The highest BCUT2D eigenvalue weighted by Gasteiger charge is 2.08. The van der Waals surface area contributed by atoms with Crippen LogP contribution in [0.3, 0.4) is 0 Å². The first kappa shape index (κ1) is 16.0. The van der Waals surface area contributed by atoms with Gasteiger partial charge in [-0.15, -0.1) is 0 Å². The molecule has 1 heterocycles. The SMILES string of the molecule is CC(=O)[C@@H](N)Cc1ccc(OC/C=N/NC2=NCCN2)cc1. The number of aliphatic imine (C=N–C) groups is 1. The summed E-state index contributed by atoms with van der Waals surface area (Å²) in [5, 5.41) is 7.04. The average Bonchev–Trinajstić information content (AvgIpc) is 3.01. The highest BCUT2D eigenvalue weighted by Crippen LogP contribution is 2.13. The van der Waals surface area contributed by atoms with Crippen LogP contribution in [-0.2, 0) is 11.2 Å². The van der Waals surface area contributed by atoms with E-state index in [4.69, 9.17) is 10.5 Å². The van der Waals surface area contributed by atoms with E-state index in [-0.39, 0.29) is 5.78 Å². The molecule has 1 atom stereocenters. The van der Waals surface area contributed by atoms with Crippen LogP contribution in [0.25, 0.3) is 0 Å². The van der Waals surface area contributed by atoms with Crippen molar-refractivity contribution < 1.29 is 9.53 Å². The number of carbonyl (C=O) groups is 1. The van der Waals surface area contributed by atoms with Gasteiger partial charge < -0.3 is 15.8 Å². The van der Waals surface area contributed by atoms with Gasteiger partial charge in [0.2, 0.25) is 5.96 Å². The summed E-state index contributed by atoms with van der Waals surface area (Å²) in [5.41, 5.74) is 9.53. The lowest BCUT2D eigenvalue weighted by molar-refractivity contribution is -0.118. The number of carbonyl (C=O) groups excluding carboxylic acids is 1. The van der Waals surface area contributed by atoms with Gasteiger partial charge >= 0.3 is 0 Å². The van der Waals surface area contributed by atoms with Gasteiger partial charge in [0, 0.05) is 6.54 Å². The van der Waals surface area contributed by atoms with Crippen LogP contribution in [0.15, 0.2) is 34.4 Å². The molecule has 1 aromatic carbocycles. The molecule has 1 aliphatic heterocycles. The smallest absolute Gasteiger partial charge is 0.212 e. The largest absolute Gasteiger partial charge is 0.488 e. The minimum atomic E-state index is -0.447. The summed E-state index contributed by atoms with van der Waals surface area (Å²) >= 11 is 0. The number of rotatable bonds is 7. The van der Waals surface area contributed by atoms with Crippen LogP contribution in [0.1, 0.15) is 12.5 Å². The van der Waals surface area contributed by atoms with Crippen molar-refractivity contribution in [2.45, 2.75) is 19.4 Å². The van der Waals surface area contributed by atoms with E-state index in [0.717, 1.165) is 24.4 Å². The Bertz CT molecular complexity index is 554. The molecule has 0 fully saturated rings. The van der Waals surface area contributed by atoms with Crippen molar-refractivity contribution in [1.82, 2.24) is 10.7 Å². The fraction of sp³-hybridized carbons (Fsp3) is 0.400. The topological polar surface area (TPSA) is 101 Å².